The molecule has 1 aliphatic rings. The molecule has 0 bridgehead atoms. The fourth-order valence-corrected chi connectivity index (χ4v) is 1.98. The summed E-state index contributed by atoms with van der Waals surface area (Å²) in [6, 6.07) is 9.08. The lowest BCUT2D eigenvalue weighted by molar-refractivity contribution is 0.101. The highest BCUT2D eigenvalue weighted by molar-refractivity contribution is 6.15. The summed E-state index contributed by atoms with van der Waals surface area (Å²) in [6.45, 7) is 0. The third-order valence-corrected chi connectivity index (χ3v) is 3.01. The van der Waals surface area contributed by atoms with E-state index >= 15 is 0 Å². The molecule has 5 nitrogen and oxygen atoms in total. The Balaban J connectivity index is 2.07. The Labute approximate surface area is 114 Å². The second kappa shape index (κ2) is 4.31. The van der Waals surface area contributed by atoms with E-state index in [0.717, 1.165) is 0 Å². The molecule has 3 rings (SSSR count). The van der Waals surface area contributed by atoms with Crippen molar-refractivity contribution in [3.05, 3.63) is 53.3 Å². The first-order chi connectivity index (χ1) is 9.58. The summed E-state index contributed by atoms with van der Waals surface area (Å²) in [7, 11) is 0. The molecule has 1 heterocycles. The number of hydrogen-bond acceptors (Lipinski definition) is 5. The zero-order chi connectivity index (χ0) is 14.3. The van der Waals surface area contributed by atoms with Gasteiger partial charge in [0, 0.05) is 5.56 Å². The van der Waals surface area contributed by atoms with Crippen LogP contribution in [0.4, 0.5) is 0 Å². The molecule has 1 aliphatic heterocycles. The fraction of sp³-hybridized carbons (Fsp3) is 0. The summed E-state index contributed by atoms with van der Waals surface area (Å²) in [6.07, 6.45) is 1.38. The minimum Gasteiger partial charge on any atom is -0.507 e. The first kappa shape index (κ1) is 12.1. The van der Waals surface area contributed by atoms with Crippen LogP contribution in [0.3, 0.4) is 0 Å². The molecular formula is C15H10O5. The van der Waals surface area contributed by atoms with Gasteiger partial charge in [0.25, 0.3) is 0 Å². The molecule has 0 amide bonds. The van der Waals surface area contributed by atoms with Gasteiger partial charge in [-0.25, -0.2) is 0 Å². The molecule has 0 aliphatic carbocycles. The predicted octanol–water partition coefficient (Wildman–Crippen LogP) is 2.42. The van der Waals surface area contributed by atoms with Crippen molar-refractivity contribution in [1.82, 2.24) is 0 Å². The van der Waals surface area contributed by atoms with E-state index in [1.165, 1.54) is 24.3 Å². The van der Waals surface area contributed by atoms with Gasteiger partial charge in [-0.1, -0.05) is 18.2 Å². The second-order valence-electron chi connectivity index (χ2n) is 4.31. The molecule has 20 heavy (non-hydrogen) atoms. The van der Waals surface area contributed by atoms with E-state index < -0.39 is 11.5 Å². The Kier molecular flexibility index (Phi) is 2.61. The van der Waals surface area contributed by atoms with Crippen molar-refractivity contribution in [1.29, 1.82) is 0 Å². The highest BCUT2D eigenvalue weighted by atomic mass is 16.5. The van der Waals surface area contributed by atoms with E-state index in [1.54, 1.807) is 18.2 Å². The van der Waals surface area contributed by atoms with Gasteiger partial charge in [-0.3, -0.25) is 4.79 Å². The Morgan fingerprint density at radius 1 is 0.950 bits per heavy atom. The molecule has 0 fully saturated rings. The molecule has 0 aromatic heterocycles. The van der Waals surface area contributed by atoms with Crippen molar-refractivity contribution in [2.45, 2.75) is 0 Å². The van der Waals surface area contributed by atoms with Crippen molar-refractivity contribution in [3.63, 3.8) is 0 Å². The van der Waals surface area contributed by atoms with Crippen LogP contribution < -0.4 is 4.74 Å². The number of para-hydroxylation sites is 1. The monoisotopic (exact) mass is 270 g/mol. The number of carbonyl (C=O) groups excluding carboxylic acids is 1. The van der Waals surface area contributed by atoms with Gasteiger partial charge >= 0.3 is 0 Å². The second-order valence-corrected chi connectivity index (χ2v) is 4.31. The molecule has 2 aromatic carbocycles. The summed E-state index contributed by atoms with van der Waals surface area (Å²) in [5, 5.41) is 28.7. The zero-order valence-electron chi connectivity index (χ0n) is 10.2. The van der Waals surface area contributed by atoms with Gasteiger partial charge in [0.2, 0.25) is 11.5 Å². The van der Waals surface area contributed by atoms with Crippen molar-refractivity contribution < 1.29 is 24.9 Å². The van der Waals surface area contributed by atoms with Crippen molar-refractivity contribution in [2.24, 2.45) is 0 Å². The highest BCUT2D eigenvalue weighted by Crippen LogP contribution is 2.44. The van der Waals surface area contributed by atoms with Gasteiger partial charge in [-0.2, -0.15) is 0 Å². The quantitative estimate of drug-likeness (QED) is 0.547. The Hall–Kier alpha value is -2.95. The molecule has 0 saturated heterocycles. The Bertz CT molecular complexity index is 746. The van der Waals surface area contributed by atoms with E-state index in [9.17, 15) is 20.1 Å². The van der Waals surface area contributed by atoms with Crippen LogP contribution in [0.15, 0.2) is 42.2 Å². The summed E-state index contributed by atoms with van der Waals surface area (Å²) in [4.78, 5) is 12.1. The standard InChI is InChI=1S/C15H10O5/c16-10-4-2-1-3-8(10)7-12-13(18)9-5-6-11(17)14(19)15(9)20-12/h1-7,16-17,19H/b12-7-. The van der Waals surface area contributed by atoms with Crippen molar-refractivity contribution >= 4 is 11.9 Å². The number of carbonyl (C=O) groups is 1. The molecule has 0 saturated carbocycles. The molecular weight excluding hydrogens is 260 g/mol. The number of Topliss-reactive ketones (excluding diaryl/α,β-unsaturated/α-hetero) is 1. The topological polar surface area (TPSA) is 87.0 Å². The van der Waals surface area contributed by atoms with Gasteiger partial charge in [0.05, 0.1) is 5.56 Å². The van der Waals surface area contributed by atoms with Crippen LogP contribution in [0.1, 0.15) is 15.9 Å². The van der Waals surface area contributed by atoms with Gasteiger partial charge in [0.1, 0.15) is 5.75 Å². The van der Waals surface area contributed by atoms with E-state index in [-0.39, 0.29) is 28.6 Å². The SMILES string of the molecule is O=C1/C(=C/c2ccccc2O)Oc2c1ccc(O)c2O. The molecule has 100 valence electrons. The van der Waals surface area contributed by atoms with Crippen molar-refractivity contribution in [2.75, 3.05) is 0 Å². The average molecular weight is 270 g/mol. The number of phenolic OH excluding ortho intramolecular Hbond substituents is 3. The molecule has 2 aromatic rings. The van der Waals surface area contributed by atoms with Crippen LogP contribution in [-0.2, 0) is 0 Å². The first-order valence-corrected chi connectivity index (χ1v) is 5.85. The fourth-order valence-electron chi connectivity index (χ4n) is 1.98. The number of rotatable bonds is 1. The smallest absolute Gasteiger partial charge is 0.232 e. The van der Waals surface area contributed by atoms with Crippen LogP contribution in [0.2, 0.25) is 0 Å². The molecule has 5 heteroatoms. The summed E-state index contributed by atoms with van der Waals surface area (Å²) in [5.74, 6) is -1.34. The van der Waals surface area contributed by atoms with Crippen LogP contribution in [0.25, 0.3) is 6.08 Å². The third-order valence-electron chi connectivity index (χ3n) is 3.01. The molecule has 0 spiro atoms. The van der Waals surface area contributed by atoms with Gasteiger partial charge in [-0.15, -0.1) is 0 Å². The van der Waals surface area contributed by atoms with Gasteiger partial charge in [0.15, 0.2) is 17.3 Å². The summed E-state index contributed by atoms with van der Waals surface area (Å²) < 4.78 is 5.28. The normalized spacial score (nSPS) is 15.2. The number of allylic oxidation sites excluding steroid dienone is 1. The number of ether oxygens (including phenoxy) is 1. The van der Waals surface area contributed by atoms with Gasteiger partial charge in [-0.05, 0) is 24.3 Å². The predicted molar refractivity (Wildman–Crippen MR) is 70.8 cm³/mol. The molecule has 0 atom stereocenters. The lowest BCUT2D eigenvalue weighted by Crippen LogP contribution is -1.98. The molecule has 3 N–H and O–H groups in total. The molecule has 0 radical (unpaired) electrons. The minimum absolute atomic E-state index is 0.0134. The van der Waals surface area contributed by atoms with E-state index in [2.05, 4.69) is 0 Å². The molecule has 0 unspecified atom stereocenters. The highest BCUT2D eigenvalue weighted by Gasteiger charge is 2.31. The lowest BCUT2D eigenvalue weighted by Gasteiger charge is -2.03. The average Bonchev–Trinajstić information content (AvgIpc) is 2.75. The van der Waals surface area contributed by atoms with Crippen molar-refractivity contribution in [3.8, 4) is 23.0 Å². The number of fused-ring (bicyclic) bond motifs is 1. The van der Waals surface area contributed by atoms with Crippen LogP contribution >= 0.6 is 0 Å². The summed E-state index contributed by atoms with van der Waals surface area (Å²) in [5.41, 5.74) is 0.592. The maximum absolute atomic E-state index is 12.1. The van der Waals surface area contributed by atoms with E-state index in [1.807, 2.05) is 0 Å². The zero-order valence-corrected chi connectivity index (χ0v) is 10.2. The number of ketones is 1. The van der Waals surface area contributed by atoms with Gasteiger partial charge < -0.3 is 20.1 Å². The minimum atomic E-state index is -0.475. The number of phenols is 3. The maximum atomic E-state index is 12.1. The summed E-state index contributed by atoms with van der Waals surface area (Å²) >= 11 is 0. The van der Waals surface area contributed by atoms with Crippen LogP contribution in [-0.4, -0.2) is 21.1 Å². The van der Waals surface area contributed by atoms with Crippen LogP contribution in [0.5, 0.6) is 23.0 Å². The van der Waals surface area contributed by atoms with E-state index in [4.69, 9.17) is 4.74 Å². The number of benzene rings is 2. The Morgan fingerprint density at radius 2 is 1.70 bits per heavy atom. The number of aromatic hydroxyl groups is 3. The number of hydrogen-bond donors (Lipinski definition) is 3. The largest absolute Gasteiger partial charge is 0.507 e. The van der Waals surface area contributed by atoms with Crippen LogP contribution in [0, 0.1) is 0 Å². The first-order valence-electron chi connectivity index (χ1n) is 5.85. The Morgan fingerprint density at radius 3 is 2.45 bits per heavy atom. The van der Waals surface area contributed by atoms with E-state index in [0.29, 0.717) is 5.56 Å². The third kappa shape index (κ3) is 1.76. The lowest BCUT2D eigenvalue weighted by atomic mass is 10.1. The maximum Gasteiger partial charge on any atom is 0.232 e.